The maximum Gasteiger partial charge on any atom is 0.256 e. The Hall–Kier alpha value is -3.38. The highest BCUT2D eigenvalue weighted by Crippen LogP contribution is 2.33. The second-order valence-electron chi connectivity index (χ2n) is 5.72. The van der Waals surface area contributed by atoms with Gasteiger partial charge in [-0.2, -0.15) is 0 Å². The summed E-state index contributed by atoms with van der Waals surface area (Å²) in [5.74, 6) is 1.23. The Morgan fingerprint density at radius 3 is 2.39 bits per heavy atom. The Balaban J connectivity index is 1.90. The van der Waals surface area contributed by atoms with Crippen LogP contribution in [0.3, 0.4) is 0 Å². The van der Waals surface area contributed by atoms with Crippen LogP contribution in [-0.4, -0.2) is 24.6 Å². The number of hydrogen-bond acceptors (Lipinski definition) is 5. The molecule has 0 saturated carbocycles. The Kier molecular flexibility index (Phi) is 6.24. The normalized spacial score (nSPS) is 10.2. The molecular formula is C22H20N2O3S. The number of carbonyl (C=O) groups is 1. The first-order valence-corrected chi connectivity index (χ1v) is 9.44. The van der Waals surface area contributed by atoms with Gasteiger partial charge in [0.2, 0.25) is 0 Å². The average molecular weight is 392 g/mol. The Labute approximate surface area is 168 Å². The summed E-state index contributed by atoms with van der Waals surface area (Å²) >= 11 is 1.39. The van der Waals surface area contributed by atoms with Crippen LogP contribution in [-0.2, 0) is 4.79 Å². The van der Waals surface area contributed by atoms with E-state index in [9.17, 15) is 4.79 Å². The lowest BCUT2D eigenvalue weighted by atomic mass is 10.2. The number of amides is 1. The van der Waals surface area contributed by atoms with E-state index in [0.29, 0.717) is 23.2 Å². The van der Waals surface area contributed by atoms with Crippen molar-refractivity contribution in [1.82, 2.24) is 4.98 Å². The number of benzene rings is 2. The van der Waals surface area contributed by atoms with E-state index < -0.39 is 0 Å². The fourth-order valence-electron chi connectivity index (χ4n) is 2.53. The van der Waals surface area contributed by atoms with Gasteiger partial charge in [0.15, 0.2) is 5.13 Å². The SMILES string of the molecule is C=CCOc1ccc(N(C(=O)C=C)c2nc(-c3ccc(OC)cc3)cs2)cc1. The van der Waals surface area contributed by atoms with Crippen LogP contribution in [0.2, 0.25) is 0 Å². The molecule has 3 aromatic rings. The second kappa shape index (κ2) is 9.01. The van der Waals surface area contributed by atoms with Crippen LogP contribution >= 0.6 is 11.3 Å². The van der Waals surface area contributed by atoms with Crippen molar-refractivity contribution in [2.24, 2.45) is 0 Å². The van der Waals surface area contributed by atoms with Gasteiger partial charge in [-0.05, 0) is 54.6 Å². The van der Waals surface area contributed by atoms with Crippen molar-refractivity contribution in [3.8, 4) is 22.8 Å². The van der Waals surface area contributed by atoms with E-state index in [-0.39, 0.29) is 5.91 Å². The first-order chi connectivity index (χ1) is 13.7. The van der Waals surface area contributed by atoms with Crippen LogP contribution in [0.4, 0.5) is 10.8 Å². The first kappa shape index (κ1) is 19.4. The molecule has 0 saturated heterocycles. The monoisotopic (exact) mass is 392 g/mol. The van der Waals surface area contributed by atoms with Crippen molar-refractivity contribution in [2.75, 3.05) is 18.6 Å². The second-order valence-corrected chi connectivity index (χ2v) is 6.55. The van der Waals surface area contributed by atoms with Gasteiger partial charge in [0.05, 0.1) is 18.5 Å². The molecule has 6 heteroatoms. The summed E-state index contributed by atoms with van der Waals surface area (Å²) in [6.07, 6.45) is 2.95. The van der Waals surface area contributed by atoms with E-state index >= 15 is 0 Å². The zero-order valence-corrected chi connectivity index (χ0v) is 16.3. The van der Waals surface area contributed by atoms with Gasteiger partial charge >= 0.3 is 0 Å². The quantitative estimate of drug-likeness (QED) is 0.389. The van der Waals surface area contributed by atoms with Gasteiger partial charge in [-0.3, -0.25) is 9.69 Å². The third-order valence-corrected chi connectivity index (χ3v) is 4.75. The van der Waals surface area contributed by atoms with E-state index in [1.54, 1.807) is 25.3 Å². The van der Waals surface area contributed by atoms with Crippen LogP contribution in [0.25, 0.3) is 11.3 Å². The molecule has 0 radical (unpaired) electrons. The van der Waals surface area contributed by atoms with E-state index in [1.807, 2.05) is 41.8 Å². The van der Waals surface area contributed by atoms with Crippen molar-refractivity contribution >= 4 is 28.1 Å². The van der Waals surface area contributed by atoms with Crippen LogP contribution < -0.4 is 14.4 Å². The average Bonchev–Trinajstić information content (AvgIpc) is 3.23. The minimum atomic E-state index is -0.254. The number of rotatable bonds is 8. The molecule has 142 valence electrons. The number of carbonyl (C=O) groups excluding carboxylic acids is 1. The first-order valence-electron chi connectivity index (χ1n) is 8.56. The smallest absolute Gasteiger partial charge is 0.256 e. The summed E-state index contributed by atoms with van der Waals surface area (Å²) in [5, 5.41) is 2.48. The maximum absolute atomic E-state index is 12.5. The summed E-state index contributed by atoms with van der Waals surface area (Å²) in [6.45, 7) is 7.66. The Morgan fingerprint density at radius 1 is 1.11 bits per heavy atom. The van der Waals surface area contributed by atoms with Crippen molar-refractivity contribution in [1.29, 1.82) is 0 Å². The third-order valence-electron chi connectivity index (χ3n) is 3.93. The van der Waals surface area contributed by atoms with Gasteiger partial charge in [0, 0.05) is 10.9 Å². The molecule has 0 unspecified atom stereocenters. The largest absolute Gasteiger partial charge is 0.497 e. The van der Waals surface area contributed by atoms with Crippen LogP contribution in [0.5, 0.6) is 11.5 Å². The summed E-state index contributed by atoms with van der Waals surface area (Å²) in [7, 11) is 1.63. The lowest BCUT2D eigenvalue weighted by Crippen LogP contribution is -2.23. The number of ether oxygens (including phenoxy) is 2. The molecule has 0 atom stereocenters. The molecule has 0 fully saturated rings. The van der Waals surface area contributed by atoms with Gasteiger partial charge in [-0.15, -0.1) is 11.3 Å². The third kappa shape index (κ3) is 4.29. The molecule has 5 nitrogen and oxygen atoms in total. The van der Waals surface area contributed by atoms with E-state index in [1.165, 1.54) is 22.3 Å². The number of anilines is 2. The molecule has 28 heavy (non-hydrogen) atoms. The van der Waals surface area contributed by atoms with E-state index in [2.05, 4.69) is 18.1 Å². The summed E-state index contributed by atoms with van der Waals surface area (Å²) in [5.41, 5.74) is 2.42. The lowest BCUT2D eigenvalue weighted by Gasteiger charge is -2.18. The molecule has 0 N–H and O–H groups in total. The Morgan fingerprint density at radius 2 is 1.79 bits per heavy atom. The minimum Gasteiger partial charge on any atom is -0.497 e. The fourth-order valence-corrected chi connectivity index (χ4v) is 3.39. The molecular weight excluding hydrogens is 372 g/mol. The van der Waals surface area contributed by atoms with E-state index in [0.717, 1.165) is 17.0 Å². The van der Waals surface area contributed by atoms with Crippen LogP contribution in [0.15, 0.2) is 79.2 Å². The lowest BCUT2D eigenvalue weighted by molar-refractivity contribution is -0.113. The van der Waals surface area contributed by atoms with Crippen molar-refractivity contribution in [3.63, 3.8) is 0 Å². The standard InChI is InChI=1S/C22H20N2O3S/c1-4-14-27-19-12-8-17(9-13-19)24(21(25)5-2)22-23-20(15-28-22)16-6-10-18(26-3)11-7-16/h4-13,15H,1-2,14H2,3H3. The van der Waals surface area contributed by atoms with Gasteiger partial charge in [0.25, 0.3) is 5.91 Å². The van der Waals surface area contributed by atoms with Gasteiger partial charge in [0.1, 0.15) is 18.1 Å². The maximum atomic E-state index is 12.5. The van der Waals surface area contributed by atoms with Gasteiger partial charge < -0.3 is 9.47 Å². The molecule has 0 bridgehead atoms. The highest BCUT2D eigenvalue weighted by Gasteiger charge is 2.19. The predicted octanol–water partition coefficient (Wildman–Crippen LogP) is 5.23. The number of aromatic nitrogens is 1. The van der Waals surface area contributed by atoms with Crippen molar-refractivity contribution in [3.05, 3.63) is 79.2 Å². The van der Waals surface area contributed by atoms with Gasteiger partial charge in [-0.1, -0.05) is 19.2 Å². The summed E-state index contributed by atoms with van der Waals surface area (Å²) in [4.78, 5) is 18.7. The predicted molar refractivity (Wildman–Crippen MR) is 114 cm³/mol. The summed E-state index contributed by atoms with van der Waals surface area (Å²) < 4.78 is 10.7. The molecule has 1 heterocycles. The summed E-state index contributed by atoms with van der Waals surface area (Å²) in [6, 6.07) is 14.9. The molecule has 3 rings (SSSR count). The van der Waals surface area contributed by atoms with Crippen LogP contribution in [0.1, 0.15) is 0 Å². The molecule has 2 aromatic carbocycles. The molecule has 0 aliphatic carbocycles. The zero-order valence-electron chi connectivity index (χ0n) is 15.5. The van der Waals surface area contributed by atoms with Gasteiger partial charge in [-0.25, -0.2) is 4.98 Å². The fraction of sp³-hybridized carbons (Fsp3) is 0.0909. The van der Waals surface area contributed by atoms with E-state index in [4.69, 9.17) is 9.47 Å². The topological polar surface area (TPSA) is 51.7 Å². The number of nitrogens with zero attached hydrogens (tertiary/aromatic N) is 2. The number of methoxy groups -OCH3 is 1. The number of hydrogen-bond donors (Lipinski definition) is 0. The molecule has 0 spiro atoms. The van der Waals surface area contributed by atoms with Crippen molar-refractivity contribution < 1.29 is 14.3 Å². The molecule has 1 amide bonds. The minimum absolute atomic E-state index is 0.254. The van der Waals surface area contributed by atoms with Crippen LogP contribution in [0, 0.1) is 0 Å². The number of thiazole rings is 1. The highest BCUT2D eigenvalue weighted by atomic mass is 32.1. The highest BCUT2D eigenvalue weighted by molar-refractivity contribution is 7.14. The Bertz CT molecular complexity index is 962. The van der Waals surface area contributed by atoms with Crippen molar-refractivity contribution in [2.45, 2.75) is 0 Å². The zero-order chi connectivity index (χ0) is 19.9. The molecule has 0 aliphatic rings. The molecule has 0 aliphatic heterocycles. The molecule has 1 aromatic heterocycles.